The molecule has 18 heavy (non-hydrogen) atoms. The third-order valence-corrected chi connectivity index (χ3v) is 3.06. The molecule has 0 fully saturated rings. The van der Waals surface area contributed by atoms with E-state index in [0.29, 0.717) is 13.1 Å². The molecule has 1 aliphatic rings. The average Bonchev–Trinajstić information content (AvgIpc) is 2.36. The van der Waals surface area contributed by atoms with Gasteiger partial charge in [0.05, 0.1) is 12.7 Å². The first-order valence-electron chi connectivity index (χ1n) is 6.27. The predicted octanol–water partition coefficient (Wildman–Crippen LogP) is 2.08. The third-order valence-electron chi connectivity index (χ3n) is 3.06. The largest absolute Gasteiger partial charge is 0.447 e. The van der Waals surface area contributed by atoms with Crippen molar-refractivity contribution >= 4 is 6.09 Å². The van der Waals surface area contributed by atoms with Crippen molar-refractivity contribution in [1.82, 2.24) is 4.90 Å². The standard InChI is InChI=1S/C14H19NO3/c1-10(2)18-14(17)15-6-5-12-7-11(9-16)3-4-13(12)8-15/h3-4,7,10,16H,5-6,8-9H2,1-2H3. The maximum Gasteiger partial charge on any atom is 0.410 e. The van der Waals surface area contributed by atoms with Crippen molar-refractivity contribution in [2.75, 3.05) is 6.54 Å². The van der Waals surface area contributed by atoms with Crippen molar-refractivity contribution in [3.8, 4) is 0 Å². The summed E-state index contributed by atoms with van der Waals surface area (Å²) in [6.45, 7) is 5.03. The van der Waals surface area contributed by atoms with E-state index >= 15 is 0 Å². The Kier molecular flexibility index (Phi) is 3.87. The molecule has 0 aliphatic carbocycles. The summed E-state index contributed by atoms with van der Waals surface area (Å²) in [6.07, 6.45) is 0.480. The number of rotatable bonds is 2. The number of fused-ring (bicyclic) bond motifs is 1. The molecule has 1 aromatic carbocycles. The van der Waals surface area contributed by atoms with Crippen LogP contribution in [0, 0.1) is 0 Å². The quantitative estimate of drug-likeness (QED) is 0.873. The van der Waals surface area contributed by atoms with E-state index in [1.165, 1.54) is 5.56 Å². The fourth-order valence-electron chi connectivity index (χ4n) is 2.14. The summed E-state index contributed by atoms with van der Waals surface area (Å²) in [5.74, 6) is 0. The Balaban J connectivity index is 2.08. The van der Waals surface area contributed by atoms with E-state index < -0.39 is 0 Å². The van der Waals surface area contributed by atoms with Gasteiger partial charge in [-0.2, -0.15) is 0 Å². The number of aliphatic hydroxyl groups is 1. The number of nitrogens with zero attached hydrogens (tertiary/aromatic N) is 1. The molecule has 0 saturated carbocycles. The van der Waals surface area contributed by atoms with Crippen molar-refractivity contribution in [1.29, 1.82) is 0 Å². The molecule has 0 aromatic heterocycles. The van der Waals surface area contributed by atoms with Crippen LogP contribution in [0.3, 0.4) is 0 Å². The average molecular weight is 249 g/mol. The zero-order chi connectivity index (χ0) is 13.1. The number of benzene rings is 1. The van der Waals surface area contributed by atoms with Gasteiger partial charge in [0.15, 0.2) is 0 Å². The lowest BCUT2D eigenvalue weighted by molar-refractivity contribution is 0.0730. The Bertz CT molecular complexity index is 443. The minimum atomic E-state index is -0.248. The van der Waals surface area contributed by atoms with Crippen LogP contribution >= 0.6 is 0 Å². The van der Waals surface area contributed by atoms with Gasteiger partial charge in [-0.1, -0.05) is 18.2 Å². The number of aliphatic hydroxyl groups excluding tert-OH is 1. The van der Waals surface area contributed by atoms with Gasteiger partial charge in [-0.3, -0.25) is 0 Å². The smallest absolute Gasteiger partial charge is 0.410 e. The molecule has 98 valence electrons. The van der Waals surface area contributed by atoms with Crippen molar-refractivity contribution in [2.24, 2.45) is 0 Å². The fraction of sp³-hybridized carbons (Fsp3) is 0.500. The van der Waals surface area contributed by atoms with E-state index in [2.05, 4.69) is 0 Å². The van der Waals surface area contributed by atoms with Gasteiger partial charge < -0.3 is 14.7 Å². The first-order chi connectivity index (χ1) is 8.60. The normalized spacial score (nSPS) is 14.6. The summed E-state index contributed by atoms with van der Waals surface area (Å²) >= 11 is 0. The molecule has 0 bridgehead atoms. The maximum atomic E-state index is 11.8. The van der Waals surface area contributed by atoms with Crippen LogP contribution in [0.1, 0.15) is 30.5 Å². The van der Waals surface area contributed by atoms with Gasteiger partial charge >= 0.3 is 6.09 Å². The molecule has 0 unspecified atom stereocenters. The Morgan fingerprint density at radius 1 is 1.44 bits per heavy atom. The summed E-state index contributed by atoms with van der Waals surface area (Å²) in [5, 5.41) is 9.09. The molecule has 1 amide bonds. The number of carbonyl (C=O) groups excluding carboxylic acids is 1. The van der Waals surface area contributed by atoms with Crippen molar-refractivity contribution in [2.45, 2.75) is 39.5 Å². The van der Waals surface area contributed by atoms with Crippen LogP contribution in [-0.2, 0) is 24.3 Å². The molecule has 4 heteroatoms. The summed E-state index contributed by atoms with van der Waals surface area (Å²) < 4.78 is 5.20. The highest BCUT2D eigenvalue weighted by molar-refractivity contribution is 5.68. The highest BCUT2D eigenvalue weighted by Gasteiger charge is 2.22. The van der Waals surface area contributed by atoms with Crippen LogP contribution in [0.4, 0.5) is 4.79 Å². The van der Waals surface area contributed by atoms with E-state index in [1.54, 1.807) is 4.90 Å². The summed E-state index contributed by atoms with van der Waals surface area (Å²) in [5.41, 5.74) is 3.28. The maximum absolute atomic E-state index is 11.8. The molecule has 4 nitrogen and oxygen atoms in total. The first kappa shape index (κ1) is 12.9. The fourth-order valence-corrected chi connectivity index (χ4v) is 2.14. The zero-order valence-corrected chi connectivity index (χ0v) is 10.8. The minimum absolute atomic E-state index is 0.0619. The van der Waals surface area contributed by atoms with Crippen molar-refractivity contribution in [3.05, 3.63) is 34.9 Å². The van der Waals surface area contributed by atoms with E-state index in [0.717, 1.165) is 17.5 Å². The van der Waals surface area contributed by atoms with Gasteiger partial charge in [0.25, 0.3) is 0 Å². The molecule has 0 atom stereocenters. The van der Waals surface area contributed by atoms with Gasteiger partial charge in [0, 0.05) is 13.1 Å². The lowest BCUT2D eigenvalue weighted by Crippen LogP contribution is -2.37. The van der Waals surface area contributed by atoms with Crippen LogP contribution in [0.15, 0.2) is 18.2 Å². The van der Waals surface area contributed by atoms with E-state index in [9.17, 15) is 4.79 Å². The Hall–Kier alpha value is -1.55. The monoisotopic (exact) mass is 249 g/mol. The molecular formula is C14H19NO3. The second-order valence-electron chi connectivity index (χ2n) is 4.87. The van der Waals surface area contributed by atoms with Crippen LogP contribution in [0.5, 0.6) is 0 Å². The number of carbonyl (C=O) groups is 1. The summed E-state index contributed by atoms with van der Waals surface area (Å²) in [4.78, 5) is 13.5. The van der Waals surface area contributed by atoms with Gasteiger partial charge in [0.2, 0.25) is 0 Å². The lowest BCUT2D eigenvalue weighted by Gasteiger charge is -2.29. The van der Waals surface area contributed by atoms with Gasteiger partial charge in [-0.15, -0.1) is 0 Å². The van der Waals surface area contributed by atoms with Crippen LogP contribution in [-0.4, -0.2) is 28.7 Å². The summed E-state index contributed by atoms with van der Waals surface area (Å²) in [7, 11) is 0. The van der Waals surface area contributed by atoms with Crippen molar-refractivity contribution < 1.29 is 14.6 Å². The predicted molar refractivity (Wildman–Crippen MR) is 68.1 cm³/mol. The lowest BCUT2D eigenvalue weighted by atomic mass is 9.98. The Morgan fingerprint density at radius 2 is 2.22 bits per heavy atom. The molecule has 1 aliphatic heterocycles. The second kappa shape index (κ2) is 5.40. The van der Waals surface area contributed by atoms with E-state index in [-0.39, 0.29) is 18.8 Å². The van der Waals surface area contributed by atoms with E-state index in [4.69, 9.17) is 9.84 Å². The van der Waals surface area contributed by atoms with E-state index in [1.807, 2.05) is 32.0 Å². The number of ether oxygens (including phenoxy) is 1. The number of hydrogen-bond donors (Lipinski definition) is 1. The topological polar surface area (TPSA) is 49.8 Å². The zero-order valence-electron chi connectivity index (χ0n) is 10.8. The van der Waals surface area contributed by atoms with Crippen LogP contribution in [0.25, 0.3) is 0 Å². The van der Waals surface area contributed by atoms with Gasteiger partial charge in [0.1, 0.15) is 0 Å². The molecule has 2 rings (SSSR count). The highest BCUT2D eigenvalue weighted by Crippen LogP contribution is 2.21. The van der Waals surface area contributed by atoms with Crippen LogP contribution in [0.2, 0.25) is 0 Å². The molecule has 0 radical (unpaired) electrons. The number of hydrogen-bond acceptors (Lipinski definition) is 3. The summed E-state index contributed by atoms with van der Waals surface area (Å²) in [6, 6.07) is 5.90. The number of amides is 1. The Morgan fingerprint density at radius 3 is 2.89 bits per heavy atom. The SMILES string of the molecule is CC(C)OC(=O)N1CCc2cc(CO)ccc2C1. The molecule has 0 saturated heterocycles. The third kappa shape index (κ3) is 2.82. The Labute approximate surface area is 107 Å². The molecule has 1 N–H and O–H groups in total. The van der Waals surface area contributed by atoms with Gasteiger partial charge in [-0.25, -0.2) is 4.79 Å². The minimum Gasteiger partial charge on any atom is -0.447 e. The van der Waals surface area contributed by atoms with Crippen molar-refractivity contribution in [3.63, 3.8) is 0 Å². The molecular weight excluding hydrogens is 230 g/mol. The molecule has 0 spiro atoms. The second-order valence-corrected chi connectivity index (χ2v) is 4.87. The highest BCUT2D eigenvalue weighted by atomic mass is 16.6. The molecule has 1 heterocycles. The van der Waals surface area contributed by atoms with Crippen LogP contribution < -0.4 is 0 Å². The van der Waals surface area contributed by atoms with Gasteiger partial charge in [-0.05, 0) is 37.0 Å². The first-order valence-corrected chi connectivity index (χ1v) is 6.27. The molecule has 1 aromatic rings.